The molecule has 0 atom stereocenters. The van der Waals surface area contributed by atoms with Crippen molar-refractivity contribution in [1.82, 2.24) is 4.90 Å². The SMILES string of the molecule is CCC(CC)N(C)Cc1c(CN)sc2ccccc12. The second kappa shape index (κ2) is 6.51. The summed E-state index contributed by atoms with van der Waals surface area (Å²) < 4.78 is 1.36. The molecule has 2 nitrogen and oxygen atoms in total. The molecule has 1 heterocycles. The number of rotatable bonds is 6. The topological polar surface area (TPSA) is 29.3 Å². The van der Waals surface area contributed by atoms with Crippen LogP contribution in [0.3, 0.4) is 0 Å². The fraction of sp³-hybridized carbons (Fsp3) is 0.500. The summed E-state index contributed by atoms with van der Waals surface area (Å²) in [5.41, 5.74) is 7.35. The lowest BCUT2D eigenvalue weighted by Gasteiger charge is -2.26. The molecule has 1 aromatic heterocycles. The Hall–Kier alpha value is -0.900. The zero-order chi connectivity index (χ0) is 13.8. The van der Waals surface area contributed by atoms with Crippen molar-refractivity contribution < 1.29 is 0 Å². The number of hydrogen-bond donors (Lipinski definition) is 1. The fourth-order valence-corrected chi connectivity index (χ4v) is 3.87. The molecule has 0 radical (unpaired) electrons. The van der Waals surface area contributed by atoms with E-state index >= 15 is 0 Å². The van der Waals surface area contributed by atoms with Crippen molar-refractivity contribution in [2.45, 2.75) is 45.8 Å². The van der Waals surface area contributed by atoms with Gasteiger partial charge in [0.2, 0.25) is 0 Å². The van der Waals surface area contributed by atoms with E-state index < -0.39 is 0 Å². The predicted octanol–water partition coefficient (Wildman–Crippen LogP) is 3.98. The average molecular weight is 276 g/mol. The van der Waals surface area contributed by atoms with Gasteiger partial charge >= 0.3 is 0 Å². The fourth-order valence-electron chi connectivity index (χ4n) is 2.78. The quantitative estimate of drug-likeness (QED) is 0.864. The van der Waals surface area contributed by atoms with E-state index in [0.717, 1.165) is 6.54 Å². The van der Waals surface area contributed by atoms with E-state index in [1.165, 1.54) is 33.4 Å². The van der Waals surface area contributed by atoms with Crippen LogP contribution in [0.1, 0.15) is 37.1 Å². The number of nitrogens with two attached hydrogens (primary N) is 1. The Balaban J connectivity index is 2.33. The Kier molecular flexibility index (Phi) is 4.97. The van der Waals surface area contributed by atoms with Gasteiger partial charge in [-0.1, -0.05) is 32.0 Å². The maximum atomic E-state index is 5.92. The van der Waals surface area contributed by atoms with Crippen LogP contribution in [0.4, 0.5) is 0 Å². The molecule has 0 amide bonds. The summed E-state index contributed by atoms with van der Waals surface area (Å²) in [7, 11) is 2.23. The highest BCUT2D eigenvalue weighted by Crippen LogP contribution is 2.32. The lowest BCUT2D eigenvalue weighted by molar-refractivity contribution is 0.222. The van der Waals surface area contributed by atoms with E-state index in [9.17, 15) is 0 Å². The van der Waals surface area contributed by atoms with Gasteiger partial charge in [-0.2, -0.15) is 0 Å². The highest BCUT2D eigenvalue weighted by molar-refractivity contribution is 7.19. The first-order valence-corrected chi connectivity index (χ1v) is 7.92. The summed E-state index contributed by atoms with van der Waals surface area (Å²) in [6.45, 7) is 6.18. The third kappa shape index (κ3) is 2.99. The minimum Gasteiger partial charge on any atom is -0.326 e. The molecule has 0 saturated carbocycles. The van der Waals surface area contributed by atoms with E-state index in [1.807, 2.05) is 11.3 Å². The molecule has 19 heavy (non-hydrogen) atoms. The largest absolute Gasteiger partial charge is 0.326 e. The summed E-state index contributed by atoms with van der Waals surface area (Å²) in [6.07, 6.45) is 2.40. The Morgan fingerprint density at radius 2 is 1.89 bits per heavy atom. The molecule has 2 rings (SSSR count). The van der Waals surface area contributed by atoms with Crippen molar-refractivity contribution in [2.75, 3.05) is 7.05 Å². The summed E-state index contributed by atoms with van der Waals surface area (Å²) in [5, 5.41) is 1.38. The summed E-state index contributed by atoms with van der Waals surface area (Å²) in [4.78, 5) is 3.80. The van der Waals surface area contributed by atoms with Crippen molar-refractivity contribution in [1.29, 1.82) is 0 Å². The van der Waals surface area contributed by atoms with Crippen molar-refractivity contribution >= 4 is 21.4 Å². The summed E-state index contributed by atoms with van der Waals surface area (Å²) >= 11 is 1.84. The standard InChI is InChI=1S/C16H24N2S/c1-4-12(5-2)18(3)11-14-13-8-6-7-9-15(13)19-16(14)10-17/h6-9,12H,4-5,10-11,17H2,1-3H3. The van der Waals surface area contributed by atoms with E-state index in [1.54, 1.807) is 0 Å². The van der Waals surface area contributed by atoms with Crippen molar-refractivity contribution in [3.63, 3.8) is 0 Å². The molecule has 104 valence electrons. The molecular formula is C16H24N2S. The van der Waals surface area contributed by atoms with Gasteiger partial charge in [0.25, 0.3) is 0 Å². The Morgan fingerprint density at radius 3 is 2.53 bits per heavy atom. The van der Waals surface area contributed by atoms with Crippen molar-refractivity contribution in [2.24, 2.45) is 5.73 Å². The van der Waals surface area contributed by atoms with Crippen molar-refractivity contribution in [3.05, 3.63) is 34.7 Å². The van der Waals surface area contributed by atoms with Gasteiger partial charge in [-0.15, -0.1) is 11.3 Å². The van der Waals surface area contributed by atoms with Gasteiger partial charge < -0.3 is 5.73 Å². The summed E-state index contributed by atoms with van der Waals surface area (Å²) in [6, 6.07) is 9.30. The van der Waals surface area contributed by atoms with Crippen LogP contribution in [0, 0.1) is 0 Å². The van der Waals surface area contributed by atoms with E-state index in [4.69, 9.17) is 5.73 Å². The second-order valence-electron chi connectivity index (χ2n) is 5.09. The van der Waals surface area contributed by atoms with Crippen LogP contribution >= 0.6 is 11.3 Å². The zero-order valence-electron chi connectivity index (χ0n) is 12.1. The Morgan fingerprint density at radius 1 is 1.21 bits per heavy atom. The molecule has 0 aliphatic heterocycles. The lowest BCUT2D eigenvalue weighted by Crippen LogP contribution is -2.30. The average Bonchev–Trinajstić information content (AvgIpc) is 2.78. The van der Waals surface area contributed by atoms with Crippen LogP contribution in [0.5, 0.6) is 0 Å². The van der Waals surface area contributed by atoms with Crippen LogP contribution in [-0.4, -0.2) is 18.0 Å². The van der Waals surface area contributed by atoms with Crippen LogP contribution < -0.4 is 5.73 Å². The molecule has 0 saturated heterocycles. The molecule has 2 N–H and O–H groups in total. The third-order valence-corrected chi connectivity index (χ3v) is 5.18. The van der Waals surface area contributed by atoms with Gasteiger partial charge in [0.1, 0.15) is 0 Å². The third-order valence-electron chi connectivity index (χ3n) is 3.94. The molecule has 0 bridgehead atoms. The van der Waals surface area contributed by atoms with E-state index in [-0.39, 0.29) is 0 Å². The van der Waals surface area contributed by atoms with Gasteiger partial charge in [-0.3, -0.25) is 4.90 Å². The van der Waals surface area contributed by atoms with Crippen LogP contribution in [-0.2, 0) is 13.1 Å². The molecule has 1 aromatic carbocycles. The van der Waals surface area contributed by atoms with Gasteiger partial charge in [0.15, 0.2) is 0 Å². The van der Waals surface area contributed by atoms with Gasteiger partial charge in [0.05, 0.1) is 0 Å². The molecule has 0 fully saturated rings. The first kappa shape index (κ1) is 14.5. The molecule has 2 aromatic rings. The Bertz CT molecular complexity index is 529. The second-order valence-corrected chi connectivity index (χ2v) is 6.23. The van der Waals surface area contributed by atoms with Crippen LogP contribution in [0.25, 0.3) is 10.1 Å². The summed E-state index contributed by atoms with van der Waals surface area (Å²) in [5.74, 6) is 0. The number of hydrogen-bond acceptors (Lipinski definition) is 3. The van der Waals surface area contributed by atoms with Gasteiger partial charge in [-0.05, 0) is 36.9 Å². The highest BCUT2D eigenvalue weighted by Gasteiger charge is 2.16. The normalized spacial score (nSPS) is 11.9. The van der Waals surface area contributed by atoms with Gasteiger partial charge in [0, 0.05) is 28.7 Å². The van der Waals surface area contributed by atoms with E-state index in [0.29, 0.717) is 12.6 Å². The first-order chi connectivity index (χ1) is 9.21. The predicted molar refractivity (Wildman–Crippen MR) is 85.6 cm³/mol. The monoisotopic (exact) mass is 276 g/mol. The molecule has 3 heteroatoms. The minimum atomic E-state index is 0.644. The maximum absolute atomic E-state index is 5.92. The number of fused-ring (bicyclic) bond motifs is 1. The first-order valence-electron chi connectivity index (χ1n) is 7.10. The maximum Gasteiger partial charge on any atom is 0.0349 e. The van der Waals surface area contributed by atoms with E-state index in [2.05, 4.69) is 50.1 Å². The lowest BCUT2D eigenvalue weighted by atomic mass is 10.1. The Labute approximate surface area is 120 Å². The van der Waals surface area contributed by atoms with Crippen molar-refractivity contribution in [3.8, 4) is 0 Å². The highest BCUT2D eigenvalue weighted by atomic mass is 32.1. The molecule has 0 unspecified atom stereocenters. The molecule has 0 spiro atoms. The number of benzene rings is 1. The molecule has 0 aliphatic rings. The smallest absolute Gasteiger partial charge is 0.0349 e. The zero-order valence-corrected chi connectivity index (χ0v) is 13.0. The number of nitrogens with zero attached hydrogens (tertiary/aromatic N) is 1. The van der Waals surface area contributed by atoms with Gasteiger partial charge in [-0.25, -0.2) is 0 Å². The number of thiophene rings is 1. The van der Waals surface area contributed by atoms with Crippen LogP contribution in [0.2, 0.25) is 0 Å². The molecular weight excluding hydrogens is 252 g/mol. The molecule has 0 aliphatic carbocycles. The van der Waals surface area contributed by atoms with Crippen LogP contribution in [0.15, 0.2) is 24.3 Å². The minimum absolute atomic E-state index is 0.644.